The number of hydrogen-bond donors (Lipinski definition) is 2. The van der Waals surface area contributed by atoms with E-state index in [-0.39, 0.29) is 6.10 Å². The highest BCUT2D eigenvalue weighted by Gasteiger charge is 2.05. The normalized spacial score (nSPS) is 12.1. The molecule has 3 N–H and O–H groups in total. The number of rotatable bonds is 4. The van der Waals surface area contributed by atoms with Gasteiger partial charge in [-0.1, -0.05) is 6.92 Å². The molecule has 6 nitrogen and oxygen atoms in total. The van der Waals surface area contributed by atoms with Crippen LogP contribution in [0, 0.1) is 0 Å². The molecule has 0 bridgehead atoms. The summed E-state index contributed by atoms with van der Waals surface area (Å²) in [4.78, 5) is 32.0. The molecule has 0 rings (SSSR count). The molecule has 0 aliphatic carbocycles. The Balaban J connectivity index is 4.00. The van der Waals surface area contributed by atoms with E-state index >= 15 is 0 Å². The van der Waals surface area contributed by atoms with Crippen LogP contribution in [0.4, 0.5) is 4.79 Å². The predicted molar refractivity (Wildman–Crippen MR) is 52.7 cm³/mol. The van der Waals surface area contributed by atoms with E-state index in [9.17, 15) is 14.4 Å². The summed E-state index contributed by atoms with van der Waals surface area (Å²) in [5.74, 6) is -1.40. The number of carbonyl (C=O) groups excluding carboxylic acids is 3. The maximum Gasteiger partial charge on any atom is 0.331 e. The molecule has 0 fully saturated rings. The minimum Gasteiger partial charge on any atom is -0.460 e. The Hall–Kier alpha value is -1.85. The monoisotopic (exact) mass is 214 g/mol. The molecule has 3 amide bonds. The second-order valence-electron chi connectivity index (χ2n) is 2.84. The van der Waals surface area contributed by atoms with Crippen molar-refractivity contribution >= 4 is 17.9 Å². The molecule has 1 atom stereocenters. The van der Waals surface area contributed by atoms with Crippen molar-refractivity contribution in [3.63, 3.8) is 0 Å². The second-order valence-corrected chi connectivity index (χ2v) is 2.84. The molecule has 0 aliphatic heterocycles. The van der Waals surface area contributed by atoms with Crippen molar-refractivity contribution in [1.29, 1.82) is 0 Å². The van der Waals surface area contributed by atoms with Crippen LogP contribution in [0.25, 0.3) is 0 Å². The van der Waals surface area contributed by atoms with Gasteiger partial charge in [-0.15, -0.1) is 0 Å². The smallest absolute Gasteiger partial charge is 0.331 e. The second kappa shape index (κ2) is 6.58. The van der Waals surface area contributed by atoms with E-state index in [0.717, 1.165) is 12.2 Å². The van der Waals surface area contributed by atoms with Gasteiger partial charge in [-0.3, -0.25) is 10.1 Å². The Morgan fingerprint density at radius 3 is 2.47 bits per heavy atom. The zero-order chi connectivity index (χ0) is 11.8. The molecule has 0 aliphatic rings. The third kappa shape index (κ3) is 7.24. The SMILES string of the molecule is CC[C@H](C)OC(=O)/C=C\C(=O)NC(N)=O. The van der Waals surface area contributed by atoms with Crippen LogP contribution >= 0.6 is 0 Å². The fraction of sp³-hybridized carbons (Fsp3) is 0.444. The standard InChI is InChI=1S/C9H14N2O4/c1-3-6(2)15-8(13)5-4-7(12)11-9(10)14/h4-6H,3H2,1-2H3,(H3,10,11,12,14)/b5-4-/t6-/m0/s1. The van der Waals surface area contributed by atoms with Crippen molar-refractivity contribution in [2.24, 2.45) is 5.73 Å². The van der Waals surface area contributed by atoms with Gasteiger partial charge in [0.05, 0.1) is 6.10 Å². The van der Waals surface area contributed by atoms with Gasteiger partial charge in [0.25, 0.3) is 5.91 Å². The first kappa shape index (κ1) is 13.2. The predicted octanol–water partition coefficient (Wildman–Crippen LogP) is 0.0792. The topological polar surface area (TPSA) is 98.5 Å². The zero-order valence-electron chi connectivity index (χ0n) is 8.65. The van der Waals surface area contributed by atoms with Gasteiger partial charge < -0.3 is 10.5 Å². The Kier molecular flexibility index (Phi) is 5.77. The van der Waals surface area contributed by atoms with Crippen LogP contribution in [0.15, 0.2) is 12.2 Å². The van der Waals surface area contributed by atoms with E-state index in [2.05, 4.69) is 5.73 Å². The van der Waals surface area contributed by atoms with Gasteiger partial charge in [-0.2, -0.15) is 0 Å². The van der Waals surface area contributed by atoms with Gasteiger partial charge in [0, 0.05) is 12.2 Å². The summed E-state index contributed by atoms with van der Waals surface area (Å²) in [7, 11) is 0. The molecule has 6 heteroatoms. The quantitative estimate of drug-likeness (QED) is 0.511. The lowest BCUT2D eigenvalue weighted by atomic mass is 10.3. The number of carbonyl (C=O) groups is 3. The molecule has 0 aromatic heterocycles. The van der Waals surface area contributed by atoms with E-state index < -0.39 is 17.9 Å². The molecule has 0 unspecified atom stereocenters. The van der Waals surface area contributed by atoms with Crippen molar-refractivity contribution < 1.29 is 19.1 Å². The van der Waals surface area contributed by atoms with E-state index in [1.165, 1.54) is 0 Å². The Morgan fingerprint density at radius 1 is 1.40 bits per heavy atom. The molecule has 0 heterocycles. The van der Waals surface area contributed by atoms with Crippen LogP contribution in [-0.4, -0.2) is 24.0 Å². The largest absolute Gasteiger partial charge is 0.460 e. The highest BCUT2D eigenvalue weighted by Crippen LogP contribution is 1.96. The van der Waals surface area contributed by atoms with Gasteiger partial charge in [-0.25, -0.2) is 9.59 Å². The number of ether oxygens (including phenoxy) is 1. The average Bonchev–Trinajstić information content (AvgIpc) is 2.13. The van der Waals surface area contributed by atoms with Crippen molar-refractivity contribution in [3.05, 3.63) is 12.2 Å². The van der Waals surface area contributed by atoms with Crippen LogP contribution in [0.3, 0.4) is 0 Å². The maximum atomic E-state index is 11.0. The molecule has 0 spiro atoms. The van der Waals surface area contributed by atoms with Crippen LogP contribution in [0.1, 0.15) is 20.3 Å². The highest BCUT2D eigenvalue weighted by molar-refractivity contribution is 6.02. The number of esters is 1. The molecule has 0 saturated heterocycles. The Bertz CT molecular complexity index is 286. The van der Waals surface area contributed by atoms with Crippen LogP contribution in [0.2, 0.25) is 0 Å². The number of nitrogens with two attached hydrogens (primary N) is 1. The minimum absolute atomic E-state index is 0.207. The summed E-state index contributed by atoms with van der Waals surface area (Å²) >= 11 is 0. The van der Waals surface area contributed by atoms with Crippen LogP contribution in [0.5, 0.6) is 0 Å². The summed E-state index contributed by atoms with van der Waals surface area (Å²) < 4.78 is 4.83. The van der Waals surface area contributed by atoms with Gasteiger partial charge in [-0.05, 0) is 13.3 Å². The molecule has 0 aromatic rings. The van der Waals surface area contributed by atoms with Gasteiger partial charge >= 0.3 is 12.0 Å². The van der Waals surface area contributed by atoms with Gasteiger partial charge in [0.1, 0.15) is 0 Å². The summed E-state index contributed by atoms with van der Waals surface area (Å²) in [6.07, 6.45) is 2.30. The highest BCUT2D eigenvalue weighted by atomic mass is 16.5. The zero-order valence-corrected chi connectivity index (χ0v) is 8.65. The van der Waals surface area contributed by atoms with E-state index in [4.69, 9.17) is 4.74 Å². The number of hydrogen-bond acceptors (Lipinski definition) is 4. The van der Waals surface area contributed by atoms with Gasteiger partial charge in [0.2, 0.25) is 0 Å². The van der Waals surface area contributed by atoms with E-state index in [0.29, 0.717) is 6.42 Å². The molecule has 0 saturated carbocycles. The lowest BCUT2D eigenvalue weighted by Crippen LogP contribution is -2.33. The summed E-state index contributed by atoms with van der Waals surface area (Å²) in [5, 5.41) is 1.77. The van der Waals surface area contributed by atoms with Crippen molar-refractivity contribution in [3.8, 4) is 0 Å². The number of nitrogens with one attached hydrogen (secondary N) is 1. The lowest BCUT2D eigenvalue weighted by molar-refractivity contribution is -0.142. The van der Waals surface area contributed by atoms with Crippen molar-refractivity contribution in [2.45, 2.75) is 26.4 Å². The van der Waals surface area contributed by atoms with Gasteiger partial charge in [0.15, 0.2) is 0 Å². The molecular formula is C9H14N2O4. The van der Waals surface area contributed by atoms with E-state index in [1.807, 2.05) is 6.92 Å². The number of amides is 3. The summed E-state index contributed by atoms with van der Waals surface area (Å²) in [6.45, 7) is 3.59. The van der Waals surface area contributed by atoms with Crippen LogP contribution < -0.4 is 11.1 Å². The number of primary amides is 1. The first-order valence-electron chi connectivity index (χ1n) is 4.44. The fourth-order valence-corrected chi connectivity index (χ4v) is 0.628. The first-order valence-corrected chi connectivity index (χ1v) is 4.44. The average molecular weight is 214 g/mol. The number of urea groups is 1. The summed E-state index contributed by atoms with van der Waals surface area (Å²) in [6, 6.07) is -0.972. The molecule has 0 radical (unpaired) electrons. The summed E-state index contributed by atoms with van der Waals surface area (Å²) in [5.41, 5.74) is 4.68. The Labute approximate surface area is 87.5 Å². The third-order valence-corrected chi connectivity index (χ3v) is 1.51. The van der Waals surface area contributed by atoms with Crippen molar-refractivity contribution in [1.82, 2.24) is 5.32 Å². The first-order chi connectivity index (χ1) is 6.95. The maximum absolute atomic E-state index is 11.0. The molecule has 15 heavy (non-hydrogen) atoms. The minimum atomic E-state index is -0.972. The molecular weight excluding hydrogens is 200 g/mol. The van der Waals surface area contributed by atoms with Crippen LogP contribution in [-0.2, 0) is 14.3 Å². The Morgan fingerprint density at radius 2 is 2.00 bits per heavy atom. The van der Waals surface area contributed by atoms with Crippen molar-refractivity contribution in [2.75, 3.05) is 0 Å². The molecule has 84 valence electrons. The molecule has 0 aromatic carbocycles. The van der Waals surface area contributed by atoms with E-state index in [1.54, 1.807) is 12.2 Å². The third-order valence-electron chi connectivity index (χ3n) is 1.51. The fourth-order valence-electron chi connectivity index (χ4n) is 0.628. The lowest BCUT2D eigenvalue weighted by Gasteiger charge is -2.07. The number of imide groups is 1.